The number of rotatable bonds is 4. The number of hydrogen-bond acceptors (Lipinski definition) is 4. The Bertz CT molecular complexity index is 620. The molecule has 2 aliphatic rings. The first-order chi connectivity index (χ1) is 11.0. The van der Waals surface area contributed by atoms with Gasteiger partial charge in [0.25, 0.3) is 5.91 Å². The second kappa shape index (κ2) is 6.50. The summed E-state index contributed by atoms with van der Waals surface area (Å²) >= 11 is 0. The molecule has 6 nitrogen and oxygen atoms in total. The summed E-state index contributed by atoms with van der Waals surface area (Å²) in [6.45, 7) is 1.43. The summed E-state index contributed by atoms with van der Waals surface area (Å²) in [6, 6.07) is 6.67. The van der Waals surface area contributed by atoms with E-state index in [1.165, 1.54) is 24.7 Å². The van der Waals surface area contributed by atoms with Crippen LogP contribution in [-0.2, 0) is 14.4 Å². The fourth-order valence-corrected chi connectivity index (χ4v) is 3.31. The minimum absolute atomic E-state index is 0.160. The van der Waals surface area contributed by atoms with E-state index in [4.69, 9.17) is 0 Å². The Balaban J connectivity index is 1.70. The third kappa shape index (κ3) is 3.42. The summed E-state index contributed by atoms with van der Waals surface area (Å²) < 4.78 is 0. The van der Waals surface area contributed by atoms with E-state index in [9.17, 15) is 14.4 Å². The van der Waals surface area contributed by atoms with Crippen LogP contribution < -0.4 is 15.5 Å². The van der Waals surface area contributed by atoms with Crippen LogP contribution in [0.4, 0.5) is 11.4 Å². The van der Waals surface area contributed by atoms with Gasteiger partial charge in [-0.1, -0.05) is 12.8 Å². The predicted octanol–water partition coefficient (Wildman–Crippen LogP) is 1.81. The lowest BCUT2D eigenvalue weighted by molar-refractivity contribution is -0.121. The van der Waals surface area contributed by atoms with Crippen molar-refractivity contribution in [3.63, 3.8) is 0 Å². The normalized spacial score (nSPS) is 22.0. The monoisotopic (exact) mass is 315 g/mol. The van der Waals surface area contributed by atoms with Crippen molar-refractivity contribution in [2.45, 2.75) is 51.1 Å². The summed E-state index contributed by atoms with van der Waals surface area (Å²) in [4.78, 5) is 37.0. The molecular formula is C17H21N3O3. The predicted molar refractivity (Wildman–Crippen MR) is 87.0 cm³/mol. The maximum Gasteiger partial charge on any atom is 0.251 e. The highest BCUT2D eigenvalue weighted by Gasteiger charge is 2.40. The number of hydrogen-bond donors (Lipinski definition) is 2. The molecule has 6 heteroatoms. The molecule has 3 amide bonds. The van der Waals surface area contributed by atoms with E-state index < -0.39 is 6.04 Å². The summed E-state index contributed by atoms with van der Waals surface area (Å²) in [5.74, 6) is -0.529. The molecular weight excluding hydrogens is 294 g/mol. The van der Waals surface area contributed by atoms with E-state index in [-0.39, 0.29) is 24.1 Å². The van der Waals surface area contributed by atoms with Crippen molar-refractivity contribution in [2.75, 3.05) is 10.2 Å². The average molecular weight is 315 g/mol. The van der Waals surface area contributed by atoms with Crippen molar-refractivity contribution in [2.24, 2.45) is 0 Å². The molecule has 2 fully saturated rings. The number of anilines is 2. The van der Waals surface area contributed by atoms with Gasteiger partial charge in [-0.05, 0) is 37.1 Å². The molecule has 3 rings (SSSR count). The van der Waals surface area contributed by atoms with Crippen molar-refractivity contribution in [1.29, 1.82) is 0 Å². The third-order valence-electron chi connectivity index (χ3n) is 4.38. The number of nitrogens with zero attached hydrogens (tertiary/aromatic N) is 1. The quantitative estimate of drug-likeness (QED) is 0.831. The number of imide groups is 1. The smallest absolute Gasteiger partial charge is 0.251 e. The van der Waals surface area contributed by atoms with Crippen LogP contribution in [0.3, 0.4) is 0 Å². The molecule has 1 aromatic carbocycles. The first-order valence-electron chi connectivity index (χ1n) is 8.05. The van der Waals surface area contributed by atoms with Crippen LogP contribution in [0.15, 0.2) is 24.3 Å². The number of amides is 3. The highest BCUT2D eigenvalue weighted by Crippen LogP contribution is 2.26. The van der Waals surface area contributed by atoms with Gasteiger partial charge in [0.2, 0.25) is 11.8 Å². The van der Waals surface area contributed by atoms with Gasteiger partial charge in [-0.15, -0.1) is 0 Å². The molecule has 2 N–H and O–H groups in total. The first-order valence-corrected chi connectivity index (χ1v) is 8.05. The Hall–Kier alpha value is -2.21. The molecule has 1 saturated heterocycles. The summed E-state index contributed by atoms with van der Waals surface area (Å²) in [6.07, 6.45) is 4.72. The average Bonchev–Trinajstić information content (AvgIpc) is 3.09. The van der Waals surface area contributed by atoms with Gasteiger partial charge in [-0.25, -0.2) is 4.90 Å². The van der Waals surface area contributed by atoms with Crippen LogP contribution in [0.5, 0.6) is 0 Å². The van der Waals surface area contributed by atoms with Crippen molar-refractivity contribution in [3.05, 3.63) is 24.3 Å². The van der Waals surface area contributed by atoms with Crippen LogP contribution in [0.2, 0.25) is 0 Å². The Labute approximate surface area is 135 Å². The molecule has 0 aromatic heterocycles. The number of benzene rings is 1. The molecule has 1 heterocycles. The van der Waals surface area contributed by atoms with Crippen molar-refractivity contribution >= 4 is 29.1 Å². The van der Waals surface area contributed by atoms with Crippen molar-refractivity contribution in [3.8, 4) is 0 Å². The third-order valence-corrected chi connectivity index (χ3v) is 4.38. The Kier molecular flexibility index (Phi) is 4.43. The zero-order valence-electron chi connectivity index (χ0n) is 13.2. The molecule has 1 unspecified atom stereocenters. The van der Waals surface area contributed by atoms with E-state index >= 15 is 0 Å². The Morgan fingerprint density at radius 1 is 1.13 bits per heavy atom. The lowest BCUT2D eigenvalue weighted by atomic mass is 10.2. The van der Waals surface area contributed by atoms with Gasteiger partial charge in [0, 0.05) is 18.7 Å². The molecule has 0 bridgehead atoms. The van der Waals surface area contributed by atoms with Gasteiger partial charge in [-0.2, -0.15) is 0 Å². The van der Waals surface area contributed by atoms with Crippen molar-refractivity contribution in [1.82, 2.24) is 5.32 Å². The van der Waals surface area contributed by atoms with Gasteiger partial charge < -0.3 is 10.6 Å². The lowest BCUT2D eigenvalue weighted by Gasteiger charge is -2.18. The SMILES string of the molecule is CC(=O)Nc1ccc(N2C(=O)CC(NC3CCCC3)C2=O)cc1. The molecule has 1 atom stereocenters. The van der Waals surface area contributed by atoms with Crippen LogP contribution in [-0.4, -0.2) is 29.8 Å². The number of nitrogens with one attached hydrogen (secondary N) is 2. The second-order valence-electron chi connectivity index (χ2n) is 6.20. The highest BCUT2D eigenvalue weighted by molar-refractivity contribution is 6.22. The van der Waals surface area contributed by atoms with Gasteiger partial charge in [0.15, 0.2) is 0 Å². The van der Waals surface area contributed by atoms with Gasteiger partial charge in [0.05, 0.1) is 18.2 Å². The summed E-state index contributed by atoms with van der Waals surface area (Å²) in [5, 5.41) is 5.99. The zero-order chi connectivity index (χ0) is 16.4. The minimum atomic E-state index is -0.416. The van der Waals surface area contributed by atoms with Crippen LogP contribution in [0, 0.1) is 0 Å². The van der Waals surface area contributed by atoms with E-state index in [0.29, 0.717) is 17.4 Å². The molecule has 1 aliphatic carbocycles. The van der Waals surface area contributed by atoms with E-state index in [2.05, 4.69) is 10.6 Å². The number of carbonyl (C=O) groups is 3. The Morgan fingerprint density at radius 2 is 1.78 bits per heavy atom. The molecule has 1 aromatic rings. The number of carbonyl (C=O) groups excluding carboxylic acids is 3. The molecule has 122 valence electrons. The summed E-state index contributed by atoms with van der Waals surface area (Å²) in [7, 11) is 0. The fourth-order valence-electron chi connectivity index (χ4n) is 3.31. The van der Waals surface area contributed by atoms with Crippen LogP contribution >= 0.6 is 0 Å². The van der Waals surface area contributed by atoms with E-state index in [1.807, 2.05) is 0 Å². The Morgan fingerprint density at radius 3 is 2.39 bits per heavy atom. The topological polar surface area (TPSA) is 78.5 Å². The van der Waals surface area contributed by atoms with Crippen LogP contribution in [0.1, 0.15) is 39.0 Å². The van der Waals surface area contributed by atoms with Gasteiger partial charge in [-0.3, -0.25) is 14.4 Å². The van der Waals surface area contributed by atoms with Gasteiger partial charge >= 0.3 is 0 Å². The summed E-state index contributed by atoms with van der Waals surface area (Å²) in [5.41, 5.74) is 1.19. The van der Waals surface area contributed by atoms with Crippen molar-refractivity contribution < 1.29 is 14.4 Å². The first kappa shape index (κ1) is 15.7. The van der Waals surface area contributed by atoms with E-state index in [1.54, 1.807) is 24.3 Å². The van der Waals surface area contributed by atoms with Gasteiger partial charge in [0.1, 0.15) is 0 Å². The molecule has 0 radical (unpaired) electrons. The molecule has 1 aliphatic heterocycles. The standard InChI is InChI=1S/C17H21N3O3/c1-11(21)18-13-6-8-14(9-7-13)20-16(22)10-15(17(20)23)19-12-4-2-3-5-12/h6-9,12,15,19H,2-5,10H2,1H3,(H,18,21). The molecule has 1 saturated carbocycles. The maximum absolute atomic E-state index is 12.5. The maximum atomic E-state index is 12.5. The second-order valence-corrected chi connectivity index (χ2v) is 6.20. The zero-order valence-corrected chi connectivity index (χ0v) is 13.2. The molecule has 0 spiro atoms. The minimum Gasteiger partial charge on any atom is -0.326 e. The lowest BCUT2D eigenvalue weighted by Crippen LogP contribution is -2.42. The largest absolute Gasteiger partial charge is 0.326 e. The van der Waals surface area contributed by atoms with Crippen LogP contribution in [0.25, 0.3) is 0 Å². The fraction of sp³-hybridized carbons (Fsp3) is 0.471. The van der Waals surface area contributed by atoms with E-state index in [0.717, 1.165) is 12.8 Å². The highest BCUT2D eigenvalue weighted by atomic mass is 16.2. The molecule has 23 heavy (non-hydrogen) atoms.